The highest BCUT2D eigenvalue weighted by Gasteiger charge is 2.41. The highest BCUT2D eigenvalue weighted by Crippen LogP contribution is 2.37. The van der Waals surface area contributed by atoms with Gasteiger partial charge in [0.25, 0.3) is 0 Å². The first kappa shape index (κ1) is 19.1. The molecule has 29 heavy (non-hydrogen) atoms. The Morgan fingerprint density at radius 1 is 1.07 bits per heavy atom. The molecule has 7 nitrogen and oxygen atoms in total. The number of nitrogens with one attached hydrogen (secondary N) is 1. The molecule has 0 atom stereocenters. The fourth-order valence-electron chi connectivity index (χ4n) is 4.07. The van der Waals surface area contributed by atoms with E-state index in [1.54, 1.807) is 16.8 Å². The standard InChI is InChI=1S/C22H25N5O2/c1-16-11-12-19(17(2)15-16)27-20(24-25-26-27)22(13-7-4-8-14-22)23-21(28)29-18-9-5-3-6-10-18/h3,5-6,9-12,15H,4,7-8,13-14H2,1-2H3,(H,23,28). The fourth-order valence-corrected chi connectivity index (χ4v) is 4.07. The van der Waals surface area contributed by atoms with E-state index in [9.17, 15) is 4.79 Å². The van der Waals surface area contributed by atoms with Crippen LogP contribution in [0.4, 0.5) is 4.79 Å². The van der Waals surface area contributed by atoms with Crippen LogP contribution < -0.4 is 10.1 Å². The Morgan fingerprint density at radius 3 is 2.55 bits per heavy atom. The molecule has 0 unspecified atom stereocenters. The van der Waals surface area contributed by atoms with Crippen molar-refractivity contribution in [2.75, 3.05) is 0 Å². The summed E-state index contributed by atoms with van der Waals surface area (Å²) in [6, 6.07) is 15.2. The van der Waals surface area contributed by atoms with Crippen LogP contribution in [0.25, 0.3) is 5.69 Å². The van der Waals surface area contributed by atoms with E-state index in [0.717, 1.165) is 43.4 Å². The van der Waals surface area contributed by atoms with Crippen LogP contribution in [0.15, 0.2) is 48.5 Å². The number of tetrazole rings is 1. The maximum Gasteiger partial charge on any atom is 0.413 e. The molecule has 1 aromatic heterocycles. The molecule has 0 saturated heterocycles. The van der Waals surface area contributed by atoms with Crippen LogP contribution in [0, 0.1) is 13.8 Å². The van der Waals surface area contributed by atoms with E-state index in [1.807, 2.05) is 37.3 Å². The summed E-state index contributed by atoms with van der Waals surface area (Å²) < 4.78 is 7.25. The van der Waals surface area contributed by atoms with Gasteiger partial charge >= 0.3 is 6.09 Å². The topological polar surface area (TPSA) is 81.9 Å². The van der Waals surface area contributed by atoms with Crippen LogP contribution in [-0.2, 0) is 5.54 Å². The molecule has 150 valence electrons. The monoisotopic (exact) mass is 391 g/mol. The molecular formula is C22H25N5O2. The predicted molar refractivity (Wildman–Crippen MR) is 109 cm³/mol. The van der Waals surface area contributed by atoms with E-state index in [4.69, 9.17) is 4.74 Å². The number of para-hydroxylation sites is 1. The minimum Gasteiger partial charge on any atom is -0.410 e. The number of amides is 1. The van der Waals surface area contributed by atoms with Crippen molar-refractivity contribution in [1.29, 1.82) is 0 Å². The van der Waals surface area contributed by atoms with E-state index < -0.39 is 11.6 Å². The third kappa shape index (κ3) is 3.99. The second-order valence-corrected chi connectivity index (χ2v) is 7.67. The smallest absolute Gasteiger partial charge is 0.410 e. The number of nitrogens with zero attached hydrogens (tertiary/aromatic N) is 4. The van der Waals surface area contributed by atoms with Crippen LogP contribution in [0.3, 0.4) is 0 Å². The van der Waals surface area contributed by atoms with Crippen molar-refractivity contribution in [3.63, 3.8) is 0 Å². The molecule has 1 aliphatic rings. The second-order valence-electron chi connectivity index (χ2n) is 7.67. The Labute approximate surface area is 170 Å². The van der Waals surface area contributed by atoms with E-state index in [2.05, 4.69) is 33.8 Å². The van der Waals surface area contributed by atoms with E-state index in [1.165, 1.54) is 5.56 Å². The molecule has 1 N–H and O–H groups in total. The first-order chi connectivity index (χ1) is 14.1. The van der Waals surface area contributed by atoms with Gasteiger partial charge in [0.15, 0.2) is 5.82 Å². The molecule has 2 aromatic carbocycles. The minimum absolute atomic E-state index is 0.492. The van der Waals surface area contributed by atoms with Gasteiger partial charge < -0.3 is 10.1 Å². The zero-order chi connectivity index (χ0) is 20.3. The number of rotatable bonds is 4. The molecule has 1 amide bonds. The fraction of sp³-hybridized carbons (Fsp3) is 0.364. The van der Waals surface area contributed by atoms with Crippen LogP contribution in [0.1, 0.15) is 49.1 Å². The average molecular weight is 391 g/mol. The van der Waals surface area contributed by atoms with Crippen molar-refractivity contribution < 1.29 is 9.53 Å². The van der Waals surface area contributed by atoms with Gasteiger partial charge in [-0.15, -0.1) is 5.10 Å². The van der Waals surface area contributed by atoms with Crippen molar-refractivity contribution in [3.8, 4) is 11.4 Å². The largest absolute Gasteiger partial charge is 0.413 e. The highest BCUT2D eigenvalue weighted by molar-refractivity contribution is 5.71. The molecule has 0 radical (unpaired) electrons. The third-order valence-electron chi connectivity index (χ3n) is 5.48. The van der Waals surface area contributed by atoms with Crippen LogP contribution in [-0.4, -0.2) is 26.3 Å². The summed E-state index contributed by atoms with van der Waals surface area (Å²) in [4.78, 5) is 12.7. The van der Waals surface area contributed by atoms with Gasteiger partial charge in [0.05, 0.1) is 5.69 Å². The van der Waals surface area contributed by atoms with Crippen molar-refractivity contribution >= 4 is 6.09 Å². The summed E-state index contributed by atoms with van der Waals surface area (Å²) in [7, 11) is 0. The molecule has 1 aliphatic carbocycles. The van der Waals surface area contributed by atoms with Crippen molar-refractivity contribution in [2.24, 2.45) is 0 Å². The van der Waals surface area contributed by atoms with Crippen LogP contribution in [0.5, 0.6) is 5.75 Å². The third-order valence-corrected chi connectivity index (χ3v) is 5.48. The summed E-state index contributed by atoms with van der Waals surface area (Å²) in [6.07, 6.45) is 4.15. The van der Waals surface area contributed by atoms with E-state index in [0.29, 0.717) is 11.6 Å². The lowest BCUT2D eigenvalue weighted by Gasteiger charge is -2.36. The molecule has 4 rings (SSSR count). The average Bonchev–Trinajstić information content (AvgIpc) is 3.19. The number of hydrogen-bond acceptors (Lipinski definition) is 5. The summed E-state index contributed by atoms with van der Waals surface area (Å²) in [5, 5.41) is 15.6. The Kier molecular flexibility index (Phi) is 5.29. The molecular weight excluding hydrogens is 366 g/mol. The van der Waals surface area contributed by atoms with Crippen molar-refractivity contribution in [2.45, 2.75) is 51.5 Å². The zero-order valence-corrected chi connectivity index (χ0v) is 16.8. The van der Waals surface area contributed by atoms with Crippen molar-refractivity contribution in [1.82, 2.24) is 25.5 Å². The number of ether oxygens (including phenoxy) is 1. The Morgan fingerprint density at radius 2 is 1.83 bits per heavy atom. The van der Waals surface area contributed by atoms with Gasteiger partial charge in [0.2, 0.25) is 0 Å². The first-order valence-electron chi connectivity index (χ1n) is 9.99. The predicted octanol–water partition coefficient (Wildman–Crippen LogP) is 4.23. The molecule has 3 aromatic rings. The normalized spacial score (nSPS) is 15.7. The van der Waals surface area contributed by atoms with Crippen LogP contribution in [0.2, 0.25) is 0 Å². The molecule has 1 saturated carbocycles. The number of carbonyl (C=O) groups excluding carboxylic acids is 1. The Bertz CT molecular complexity index is 993. The SMILES string of the molecule is Cc1ccc(-n2nnnc2C2(NC(=O)Oc3ccccc3)CCCCC2)c(C)c1. The Balaban J connectivity index is 1.67. The number of benzene rings is 2. The molecule has 0 spiro atoms. The molecule has 1 fully saturated rings. The lowest BCUT2D eigenvalue weighted by molar-refractivity contribution is 0.162. The summed E-state index contributed by atoms with van der Waals surface area (Å²) >= 11 is 0. The zero-order valence-electron chi connectivity index (χ0n) is 16.8. The quantitative estimate of drug-likeness (QED) is 0.720. The maximum atomic E-state index is 12.7. The van der Waals surface area contributed by atoms with E-state index in [-0.39, 0.29) is 0 Å². The highest BCUT2D eigenvalue weighted by atomic mass is 16.6. The van der Waals surface area contributed by atoms with E-state index >= 15 is 0 Å². The number of aryl methyl sites for hydroxylation is 2. The molecule has 0 bridgehead atoms. The summed E-state index contributed by atoms with van der Waals surface area (Å²) in [5.41, 5.74) is 2.51. The molecule has 0 aliphatic heterocycles. The summed E-state index contributed by atoms with van der Waals surface area (Å²) in [5.74, 6) is 1.15. The van der Waals surface area contributed by atoms with Gasteiger partial charge in [0.1, 0.15) is 11.3 Å². The first-order valence-corrected chi connectivity index (χ1v) is 9.99. The number of hydrogen-bond donors (Lipinski definition) is 1. The second kappa shape index (κ2) is 8.03. The van der Waals surface area contributed by atoms with Gasteiger partial charge in [0, 0.05) is 0 Å². The van der Waals surface area contributed by atoms with Gasteiger partial charge in [-0.2, -0.15) is 4.68 Å². The minimum atomic E-state index is -0.662. The van der Waals surface area contributed by atoms with Crippen LogP contribution >= 0.6 is 0 Å². The van der Waals surface area contributed by atoms with Gasteiger partial charge in [-0.3, -0.25) is 0 Å². The van der Waals surface area contributed by atoms with Gasteiger partial charge in [-0.25, -0.2) is 4.79 Å². The summed E-state index contributed by atoms with van der Waals surface area (Å²) in [6.45, 7) is 4.10. The van der Waals surface area contributed by atoms with Gasteiger partial charge in [-0.1, -0.05) is 55.2 Å². The van der Waals surface area contributed by atoms with Crippen molar-refractivity contribution in [3.05, 3.63) is 65.5 Å². The number of aromatic nitrogens is 4. The lowest BCUT2D eigenvalue weighted by Crippen LogP contribution is -2.50. The number of carbonyl (C=O) groups is 1. The molecule has 7 heteroatoms. The molecule has 1 heterocycles. The Hall–Kier alpha value is -3.22. The lowest BCUT2D eigenvalue weighted by atomic mass is 9.81. The van der Waals surface area contributed by atoms with Gasteiger partial charge in [-0.05, 0) is 60.9 Å². The maximum absolute atomic E-state index is 12.7.